The van der Waals surface area contributed by atoms with Crippen molar-refractivity contribution in [1.29, 1.82) is 0 Å². The van der Waals surface area contributed by atoms with Crippen molar-refractivity contribution in [1.82, 2.24) is 14.2 Å². The summed E-state index contributed by atoms with van der Waals surface area (Å²) in [7, 11) is -1.52. The van der Waals surface area contributed by atoms with Crippen LogP contribution < -0.4 is 10.6 Å². The van der Waals surface area contributed by atoms with Gasteiger partial charge in [0, 0.05) is 45.5 Å². The van der Waals surface area contributed by atoms with Crippen molar-refractivity contribution in [3.8, 4) is 0 Å². The summed E-state index contributed by atoms with van der Waals surface area (Å²) in [5.41, 5.74) is 5.41. The number of sulfonamides is 1. The van der Waals surface area contributed by atoms with Gasteiger partial charge in [0.05, 0.1) is 5.92 Å². The molecular formula is C16H25N5O3S. The number of aromatic nitrogens is 1. The van der Waals surface area contributed by atoms with Gasteiger partial charge in [-0.3, -0.25) is 4.79 Å². The molecule has 2 saturated heterocycles. The van der Waals surface area contributed by atoms with Crippen molar-refractivity contribution in [3.05, 3.63) is 18.3 Å². The van der Waals surface area contributed by atoms with Gasteiger partial charge < -0.3 is 15.5 Å². The van der Waals surface area contributed by atoms with Crippen LogP contribution in [0.15, 0.2) is 23.2 Å². The summed E-state index contributed by atoms with van der Waals surface area (Å²) < 4.78 is 26.9. The topological polar surface area (TPSA) is 99.8 Å². The number of primary amides is 1. The van der Waals surface area contributed by atoms with Crippen molar-refractivity contribution in [2.45, 2.75) is 17.7 Å². The fourth-order valence-corrected chi connectivity index (χ4v) is 4.68. The number of piperazine rings is 1. The van der Waals surface area contributed by atoms with Gasteiger partial charge in [0.25, 0.3) is 0 Å². The zero-order valence-corrected chi connectivity index (χ0v) is 15.3. The number of likely N-dealkylation sites (N-methyl/N-ethyl adjacent to an activating group) is 1. The normalized spacial score (nSPS) is 23.6. The summed E-state index contributed by atoms with van der Waals surface area (Å²) in [5, 5.41) is 0. The van der Waals surface area contributed by atoms with Gasteiger partial charge in [-0.05, 0) is 32.0 Å². The van der Waals surface area contributed by atoms with Gasteiger partial charge in [-0.15, -0.1) is 0 Å². The molecule has 1 aromatic rings. The minimum absolute atomic E-state index is 0.177. The Kier molecular flexibility index (Phi) is 5.26. The molecule has 0 bridgehead atoms. The van der Waals surface area contributed by atoms with E-state index in [9.17, 15) is 13.2 Å². The molecule has 0 saturated carbocycles. The highest BCUT2D eigenvalue weighted by Crippen LogP contribution is 2.23. The Hall–Kier alpha value is -1.71. The molecule has 8 nitrogen and oxygen atoms in total. The second-order valence-corrected chi connectivity index (χ2v) is 8.68. The lowest BCUT2D eigenvalue weighted by atomic mass is 9.97. The number of rotatable bonds is 4. The predicted octanol–water partition coefficient (Wildman–Crippen LogP) is -0.281. The second-order valence-electron chi connectivity index (χ2n) is 6.75. The zero-order valence-electron chi connectivity index (χ0n) is 14.5. The van der Waals surface area contributed by atoms with Crippen molar-refractivity contribution < 1.29 is 13.2 Å². The molecule has 2 fully saturated rings. The molecule has 138 valence electrons. The molecule has 3 rings (SSSR count). The fraction of sp³-hybridized carbons (Fsp3) is 0.625. The van der Waals surface area contributed by atoms with E-state index in [0.717, 1.165) is 32.5 Å². The number of piperidine rings is 1. The summed E-state index contributed by atoms with van der Waals surface area (Å²) in [6.07, 6.45) is 3.08. The highest BCUT2D eigenvalue weighted by Gasteiger charge is 2.29. The molecule has 2 aliphatic heterocycles. The van der Waals surface area contributed by atoms with Gasteiger partial charge in [0.2, 0.25) is 15.9 Å². The number of carbonyl (C=O) groups is 1. The van der Waals surface area contributed by atoms with E-state index in [1.54, 1.807) is 12.1 Å². The van der Waals surface area contributed by atoms with Crippen LogP contribution in [0.1, 0.15) is 12.8 Å². The van der Waals surface area contributed by atoms with Crippen LogP contribution in [0, 0.1) is 5.92 Å². The van der Waals surface area contributed by atoms with Gasteiger partial charge in [-0.1, -0.05) is 0 Å². The number of anilines is 1. The first-order chi connectivity index (χ1) is 11.9. The Labute approximate surface area is 148 Å². The van der Waals surface area contributed by atoms with Crippen LogP contribution in [0.25, 0.3) is 0 Å². The Morgan fingerprint density at radius 3 is 2.52 bits per heavy atom. The van der Waals surface area contributed by atoms with Gasteiger partial charge in [0.15, 0.2) is 0 Å². The number of nitrogens with two attached hydrogens (primary N) is 1. The third kappa shape index (κ3) is 3.94. The van der Waals surface area contributed by atoms with Crippen molar-refractivity contribution in [3.63, 3.8) is 0 Å². The molecule has 2 N–H and O–H groups in total. The summed E-state index contributed by atoms with van der Waals surface area (Å²) in [6.45, 7) is 3.77. The first-order valence-corrected chi connectivity index (χ1v) is 10.0. The molecule has 3 heterocycles. The van der Waals surface area contributed by atoms with E-state index in [-0.39, 0.29) is 16.7 Å². The lowest BCUT2D eigenvalue weighted by Gasteiger charge is -2.33. The van der Waals surface area contributed by atoms with E-state index in [2.05, 4.69) is 9.88 Å². The standard InChI is InChI=1S/C16H25N5O3S/c1-19-7-9-21(10-8-19)25(23,24)14-4-5-15(18-11-14)20-6-2-3-13(12-20)16(17)22/h4-5,11,13H,2-3,6-10,12H2,1H3,(H2,17,22). The van der Waals surface area contributed by atoms with Crippen LogP contribution >= 0.6 is 0 Å². The molecule has 1 amide bonds. The van der Waals surface area contributed by atoms with Crippen LogP contribution in [0.4, 0.5) is 5.82 Å². The molecule has 1 atom stereocenters. The maximum Gasteiger partial charge on any atom is 0.244 e. The van der Waals surface area contributed by atoms with Crippen LogP contribution in [-0.4, -0.2) is 74.8 Å². The van der Waals surface area contributed by atoms with Crippen molar-refractivity contribution >= 4 is 21.7 Å². The first-order valence-electron chi connectivity index (χ1n) is 8.57. The van der Waals surface area contributed by atoms with Gasteiger partial charge in [0.1, 0.15) is 10.7 Å². The molecule has 9 heteroatoms. The molecule has 0 aliphatic carbocycles. The molecule has 1 aromatic heterocycles. The largest absolute Gasteiger partial charge is 0.369 e. The highest BCUT2D eigenvalue weighted by molar-refractivity contribution is 7.89. The summed E-state index contributed by atoms with van der Waals surface area (Å²) in [4.78, 5) is 20.0. The number of pyridine rings is 1. The second kappa shape index (κ2) is 7.27. The first kappa shape index (κ1) is 18.1. The lowest BCUT2D eigenvalue weighted by molar-refractivity contribution is -0.122. The van der Waals surface area contributed by atoms with E-state index < -0.39 is 10.0 Å². The zero-order chi connectivity index (χ0) is 18.0. The van der Waals surface area contributed by atoms with Crippen LogP contribution in [0.2, 0.25) is 0 Å². The van der Waals surface area contributed by atoms with Crippen LogP contribution in [-0.2, 0) is 14.8 Å². The smallest absolute Gasteiger partial charge is 0.244 e. The summed E-state index contributed by atoms with van der Waals surface area (Å²) >= 11 is 0. The molecule has 0 spiro atoms. The third-order valence-corrected chi connectivity index (χ3v) is 6.85. The average Bonchev–Trinajstić information content (AvgIpc) is 2.62. The summed E-state index contributed by atoms with van der Waals surface area (Å²) in [5.74, 6) is 0.214. The number of hydrogen-bond acceptors (Lipinski definition) is 6. The number of carbonyl (C=O) groups excluding carboxylic acids is 1. The van der Waals surface area contributed by atoms with Gasteiger partial charge in [-0.2, -0.15) is 4.31 Å². The Bertz CT molecular complexity index is 714. The van der Waals surface area contributed by atoms with Gasteiger partial charge >= 0.3 is 0 Å². The number of nitrogens with zero attached hydrogens (tertiary/aromatic N) is 4. The molecule has 0 aromatic carbocycles. The minimum atomic E-state index is -3.51. The highest BCUT2D eigenvalue weighted by atomic mass is 32.2. The monoisotopic (exact) mass is 367 g/mol. The van der Waals surface area contributed by atoms with E-state index in [1.807, 2.05) is 11.9 Å². The predicted molar refractivity (Wildman–Crippen MR) is 94.6 cm³/mol. The van der Waals surface area contributed by atoms with Crippen molar-refractivity contribution in [2.75, 3.05) is 51.2 Å². The lowest BCUT2D eigenvalue weighted by Crippen LogP contribution is -2.47. The van der Waals surface area contributed by atoms with Crippen LogP contribution in [0.5, 0.6) is 0 Å². The SMILES string of the molecule is CN1CCN(S(=O)(=O)c2ccc(N3CCCC(C(N)=O)C3)nc2)CC1. The molecule has 0 radical (unpaired) electrons. The van der Waals surface area contributed by atoms with E-state index in [1.165, 1.54) is 10.5 Å². The Balaban J connectivity index is 1.72. The van der Waals surface area contributed by atoms with E-state index >= 15 is 0 Å². The molecule has 25 heavy (non-hydrogen) atoms. The molecule has 2 aliphatic rings. The van der Waals surface area contributed by atoms with Gasteiger partial charge in [-0.25, -0.2) is 13.4 Å². The van der Waals surface area contributed by atoms with Crippen LogP contribution in [0.3, 0.4) is 0 Å². The number of hydrogen-bond donors (Lipinski definition) is 1. The average molecular weight is 367 g/mol. The van der Waals surface area contributed by atoms with E-state index in [0.29, 0.717) is 25.5 Å². The molecular weight excluding hydrogens is 342 g/mol. The minimum Gasteiger partial charge on any atom is -0.369 e. The maximum absolute atomic E-state index is 12.7. The Morgan fingerprint density at radius 1 is 1.20 bits per heavy atom. The molecule has 1 unspecified atom stereocenters. The maximum atomic E-state index is 12.7. The summed E-state index contributed by atoms with van der Waals surface area (Å²) in [6, 6.07) is 3.32. The van der Waals surface area contributed by atoms with Crippen molar-refractivity contribution in [2.24, 2.45) is 11.7 Å². The Morgan fingerprint density at radius 2 is 1.92 bits per heavy atom. The van der Waals surface area contributed by atoms with E-state index in [4.69, 9.17) is 5.73 Å². The third-order valence-electron chi connectivity index (χ3n) is 4.97. The number of amides is 1. The quantitative estimate of drug-likeness (QED) is 0.786. The fourth-order valence-electron chi connectivity index (χ4n) is 3.31.